The number of carbonyl (C=O) groups is 1. The van der Waals surface area contributed by atoms with Crippen molar-refractivity contribution < 1.29 is 9.53 Å². The maximum atomic E-state index is 11.7. The number of hydrogen-bond acceptors (Lipinski definition) is 4. The molecule has 1 rings (SSSR count). The zero-order valence-electron chi connectivity index (χ0n) is 10.9. The summed E-state index contributed by atoms with van der Waals surface area (Å²) in [4.78, 5) is 15.9. The van der Waals surface area contributed by atoms with Gasteiger partial charge in [-0.2, -0.15) is 0 Å². The van der Waals surface area contributed by atoms with Gasteiger partial charge in [-0.1, -0.05) is 20.8 Å². The number of hydrogen-bond donors (Lipinski definition) is 1. The van der Waals surface area contributed by atoms with E-state index in [1.165, 1.54) is 0 Å². The number of carbonyl (C=O) groups excluding carboxylic acids is 1. The second kappa shape index (κ2) is 5.66. The van der Waals surface area contributed by atoms with Gasteiger partial charge in [-0.3, -0.25) is 0 Å². The first-order chi connectivity index (χ1) is 7.94. The van der Waals surface area contributed by atoms with Gasteiger partial charge in [0.25, 0.3) is 0 Å². The van der Waals surface area contributed by atoms with Crippen LogP contribution in [0.2, 0.25) is 0 Å². The van der Waals surface area contributed by atoms with E-state index in [1.807, 2.05) is 0 Å². The zero-order valence-corrected chi connectivity index (χ0v) is 10.9. The van der Waals surface area contributed by atoms with E-state index >= 15 is 0 Å². The average molecular weight is 236 g/mol. The van der Waals surface area contributed by atoms with E-state index in [4.69, 9.17) is 4.74 Å². The van der Waals surface area contributed by atoms with Crippen molar-refractivity contribution in [2.24, 2.45) is 5.41 Å². The lowest BCUT2D eigenvalue weighted by Gasteiger charge is -2.20. The lowest BCUT2D eigenvalue weighted by molar-refractivity contribution is 0.0527. The van der Waals surface area contributed by atoms with Gasteiger partial charge in [0.05, 0.1) is 6.61 Å². The molecule has 0 amide bonds. The minimum absolute atomic E-state index is 0.128. The first-order valence-electron chi connectivity index (χ1n) is 5.80. The maximum absolute atomic E-state index is 11.7. The van der Waals surface area contributed by atoms with E-state index in [0.29, 0.717) is 18.0 Å². The molecule has 17 heavy (non-hydrogen) atoms. The molecule has 4 nitrogen and oxygen atoms in total. The van der Waals surface area contributed by atoms with Crippen LogP contribution in [0.25, 0.3) is 0 Å². The largest absolute Gasteiger partial charge is 0.462 e. The molecule has 1 N–H and O–H groups in total. The quantitative estimate of drug-likeness (QED) is 0.817. The minimum atomic E-state index is -0.336. The number of rotatable bonds is 4. The fourth-order valence-corrected chi connectivity index (χ4v) is 1.27. The summed E-state index contributed by atoms with van der Waals surface area (Å²) in [6, 6.07) is 3.45. The summed E-state index contributed by atoms with van der Waals surface area (Å²) in [7, 11) is 0. The molecule has 0 bridgehead atoms. The maximum Gasteiger partial charge on any atom is 0.341 e. The van der Waals surface area contributed by atoms with Gasteiger partial charge in [-0.15, -0.1) is 0 Å². The van der Waals surface area contributed by atoms with Gasteiger partial charge < -0.3 is 10.1 Å². The Morgan fingerprint density at radius 3 is 2.76 bits per heavy atom. The number of aromatic nitrogens is 1. The van der Waals surface area contributed by atoms with Crippen LogP contribution < -0.4 is 5.32 Å². The third-order valence-electron chi connectivity index (χ3n) is 2.09. The standard InChI is InChI=1S/C13H20N2O2/c1-5-17-12(16)10-7-6-8-14-11(10)15-9-13(2,3)4/h6-8H,5,9H2,1-4H3,(H,14,15). The van der Waals surface area contributed by atoms with Crippen LogP contribution in [0.5, 0.6) is 0 Å². The fourth-order valence-electron chi connectivity index (χ4n) is 1.27. The number of esters is 1. The summed E-state index contributed by atoms with van der Waals surface area (Å²) in [5.74, 6) is 0.248. The normalized spacial score (nSPS) is 11.1. The molecule has 0 spiro atoms. The van der Waals surface area contributed by atoms with Crippen LogP contribution in [0.1, 0.15) is 38.1 Å². The summed E-state index contributed by atoms with van der Waals surface area (Å²) in [5, 5.41) is 3.18. The van der Waals surface area contributed by atoms with Crippen molar-refractivity contribution in [3.05, 3.63) is 23.9 Å². The van der Waals surface area contributed by atoms with E-state index in [0.717, 1.165) is 6.54 Å². The molecule has 0 aliphatic carbocycles. The fraction of sp³-hybridized carbons (Fsp3) is 0.538. The molecular formula is C13H20N2O2. The van der Waals surface area contributed by atoms with Crippen LogP contribution >= 0.6 is 0 Å². The Balaban J connectivity index is 2.81. The van der Waals surface area contributed by atoms with Gasteiger partial charge >= 0.3 is 5.97 Å². The van der Waals surface area contributed by atoms with E-state index < -0.39 is 0 Å². The van der Waals surface area contributed by atoms with Crippen molar-refractivity contribution in [3.8, 4) is 0 Å². The van der Waals surface area contributed by atoms with Crippen LogP contribution in [-0.2, 0) is 4.74 Å². The highest BCUT2D eigenvalue weighted by Gasteiger charge is 2.15. The second-order valence-electron chi connectivity index (χ2n) is 5.03. The third kappa shape index (κ3) is 4.43. The van der Waals surface area contributed by atoms with E-state index in [2.05, 4.69) is 31.1 Å². The number of nitrogens with zero attached hydrogens (tertiary/aromatic N) is 1. The number of ether oxygens (including phenoxy) is 1. The Morgan fingerprint density at radius 2 is 2.18 bits per heavy atom. The molecule has 1 aromatic heterocycles. The van der Waals surface area contributed by atoms with Crippen molar-refractivity contribution in [1.82, 2.24) is 4.98 Å². The van der Waals surface area contributed by atoms with Crippen molar-refractivity contribution in [3.63, 3.8) is 0 Å². The SMILES string of the molecule is CCOC(=O)c1cccnc1NCC(C)(C)C. The first-order valence-corrected chi connectivity index (χ1v) is 5.80. The van der Waals surface area contributed by atoms with E-state index in [-0.39, 0.29) is 11.4 Å². The van der Waals surface area contributed by atoms with Gasteiger partial charge in [0.15, 0.2) is 0 Å². The highest BCUT2D eigenvalue weighted by molar-refractivity contribution is 5.94. The lowest BCUT2D eigenvalue weighted by atomic mass is 9.97. The number of pyridine rings is 1. The van der Waals surface area contributed by atoms with Crippen molar-refractivity contribution in [2.75, 3.05) is 18.5 Å². The van der Waals surface area contributed by atoms with Gasteiger partial charge in [-0.05, 0) is 24.5 Å². The summed E-state index contributed by atoms with van der Waals surface area (Å²) >= 11 is 0. The molecule has 0 atom stereocenters. The highest BCUT2D eigenvalue weighted by atomic mass is 16.5. The van der Waals surface area contributed by atoms with Crippen LogP contribution in [0.4, 0.5) is 5.82 Å². The molecule has 0 aliphatic heterocycles. The molecule has 0 unspecified atom stereocenters. The van der Waals surface area contributed by atoms with Crippen molar-refractivity contribution in [1.29, 1.82) is 0 Å². The smallest absolute Gasteiger partial charge is 0.341 e. The monoisotopic (exact) mass is 236 g/mol. The van der Waals surface area contributed by atoms with Crippen molar-refractivity contribution in [2.45, 2.75) is 27.7 Å². The van der Waals surface area contributed by atoms with Crippen LogP contribution in [-0.4, -0.2) is 24.1 Å². The Kier molecular flexibility index (Phi) is 4.49. The minimum Gasteiger partial charge on any atom is -0.462 e. The zero-order chi connectivity index (χ0) is 12.9. The number of anilines is 1. The predicted molar refractivity (Wildman–Crippen MR) is 68.1 cm³/mol. The average Bonchev–Trinajstić information content (AvgIpc) is 2.26. The van der Waals surface area contributed by atoms with Gasteiger partial charge in [0, 0.05) is 12.7 Å². The molecule has 0 aliphatic rings. The van der Waals surface area contributed by atoms with Crippen molar-refractivity contribution >= 4 is 11.8 Å². The van der Waals surface area contributed by atoms with Gasteiger partial charge in [-0.25, -0.2) is 9.78 Å². The van der Waals surface area contributed by atoms with Crippen LogP contribution in [0.15, 0.2) is 18.3 Å². The van der Waals surface area contributed by atoms with Crippen LogP contribution in [0, 0.1) is 5.41 Å². The molecule has 0 aromatic carbocycles. The van der Waals surface area contributed by atoms with Crippen LogP contribution in [0.3, 0.4) is 0 Å². The van der Waals surface area contributed by atoms with Gasteiger partial charge in [0.2, 0.25) is 0 Å². The molecule has 4 heteroatoms. The molecule has 1 heterocycles. The Bertz CT molecular complexity index is 383. The highest BCUT2D eigenvalue weighted by Crippen LogP contribution is 2.17. The molecule has 0 saturated heterocycles. The summed E-state index contributed by atoms with van der Waals surface area (Å²) in [6.07, 6.45) is 1.66. The Hall–Kier alpha value is -1.58. The molecular weight excluding hydrogens is 216 g/mol. The lowest BCUT2D eigenvalue weighted by Crippen LogP contribution is -2.21. The van der Waals surface area contributed by atoms with Gasteiger partial charge in [0.1, 0.15) is 11.4 Å². The second-order valence-corrected chi connectivity index (χ2v) is 5.03. The summed E-state index contributed by atoms with van der Waals surface area (Å²) < 4.78 is 4.98. The third-order valence-corrected chi connectivity index (χ3v) is 2.09. The molecule has 0 fully saturated rings. The summed E-state index contributed by atoms with van der Waals surface area (Å²) in [6.45, 7) is 9.26. The molecule has 0 saturated carbocycles. The number of nitrogens with one attached hydrogen (secondary N) is 1. The van der Waals surface area contributed by atoms with E-state index in [9.17, 15) is 4.79 Å². The Labute approximate surface area is 102 Å². The Morgan fingerprint density at radius 1 is 1.47 bits per heavy atom. The molecule has 94 valence electrons. The molecule has 1 aromatic rings. The topological polar surface area (TPSA) is 51.2 Å². The van der Waals surface area contributed by atoms with E-state index in [1.54, 1.807) is 25.3 Å². The predicted octanol–water partition coefficient (Wildman–Crippen LogP) is 2.72. The first kappa shape index (κ1) is 13.5. The molecule has 0 radical (unpaired) electrons. The summed E-state index contributed by atoms with van der Waals surface area (Å²) in [5.41, 5.74) is 0.613.